The van der Waals surface area contributed by atoms with E-state index in [1.165, 1.54) is 30.3 Å². The normalized spacial score (nSPS) is 11.7. The first-order chi connectivity index (χ1) is 15.2. The van der Waals surface area contributed by atoms with Crippen LogP contribution in [0, 0.1) is 0 Å². The fourth-order valence-corrected chi connectivity index (χ4v) is 3.39. The molecule has 2 N–H and O–H groups in total. The highest BCUT2D eigenvalue weighted by Crippen LogP contribution is 2.38. The van der Waals surface area contributed by atoms with Crippen LogP contribution in [0.3, 0.4) is 0 Å². The molecule has 0 bridgehead atoms. The molecule has 0 aliphatic rings. The van der Waals surface area contributed by atoms with Gasteiger partial charge in [-0.3, -0.25) is 9.59 Å². The number of hydrogen-bond acceptors (Lipinski definition) is 3. The Hall–Kier alpha value is -3.59. The summed E-state index contributed by atoms with van der Waals surface area (Å²) < 4.78 is 41.9. The van der Waals surface area contributed by atoms with E-state index in [9.17, 15) is 22.8 Å². The lowest BCUT2D eigenvalue weighted by Gasteiger charge is -2.08. The molecule has 2 heterocycles. The third-order valence-corrected chi connectivity index (χ3v) is 5.07. The first kappa shape index (κ1) is 21.6. The van der Waals surface area contributed by atoms with Gasteiger partial charge in [-0.05, 0) is 35.4 Å². The summed E-state index contributed by atoms with van der Waals surface area (Å²) in [5.41, 5.74) is -0.608. The number of aromatic nitrogens is 3. The van der Waals surface area contributed by atoms with E-state index >= 15 is 0 Å². The molecule has 0 radical (unpaired) electrons. The Balaban J connectivity index is 1.89. The van der Waals surface area contributed by atoms with Crippen LogP contribution in [0.5, 0.6) is 0 Å². The van der Waals surface area contributed by atoms with Gasteiger partial charge in [0.15, 0.2) is 5.69 Å². The fourth-order valence-electron chi connectivity index (χ4n) is 3.27. The molecule has 0 aliphatic heterocycles. The molecule has 2 aromatic carbocycles. The Bertz CT molecular complexity index is 1360. The molecule has 2 aromatic heterocycles. The third kappa shape index (κ3) is 4.11. The largest absolute Gasteiger partial charge is 0.435 e. The Morgan fingerprint density at radius 1 is 1.09 bits per heavy atom. The van der Waals surface area contributed by atoms with Gasteiger partial charge in [0, 0.05) is 23.2 Å². The lowest BCUT2D eigenvalue weighted by Crippen LogP contribution is -2.15. The second-order valence-corrected chi connectivity index (χ2v) is 7.43. The van der Waals surface area contributed by atoms with Gasteiger partial charge in [0.2, 0.25) is 5.91 Å². The van der Waals surface area contributed by atoms with Crippen molar-refractivity contribution >= 4 is 28.8 Å². The molecule has 164 valence electrons. The summed E-state index contributed by atoms with van der Waals surface area (Å²) in [5.74, 6) is -0.154. The molecule has 4 rings (SSSR count). The van der Waals surface area contributed by atoms with Gasteiger partial charge in [-0.15, -0.1) is 0 Å². The number of halogens is 4. The summed E-state index contributed by atoms with van der Waals surface area (Å²) in [6.45, 7) is 1.72. The van der Waals surface area contributed by atoms with Crippen LogP contribution in [0.25, 0.3) is 28.0 Å². The Labute approximate surface area is 184 Å². The number of carbonyl (C=O) groups excluding carboxylic acids is 1. The van der Waals surface area contributed by atoms with E-state index in [-0.39, 0.29) is 22.7 Å². The third-order valence-electron chi connectivity index (χ3n) is 4.82. The fraction of sp³-hybridized carbons (Fsp3) is 0.136. The van der Waals surface area contributed by atoms with Gasteiger partial charge in [0.25, 0.3) is 5.56 Å². The molecule has 0 fully saturated rings. The number of H-pyrrole nitrogens is 1. The van der Waals surface area contributed by atoms with E-state index in [1.54, 1.807) is 31.2 Å². The van der Waals surface area contributed by atoms with Gasteiger partial charge in [-0.2, -0.15) is 22.8 Å². The molecule has 0 spiro atoms. The Morgan fingerprint density at radius 2 is 1.72 bits per heavy atom. The van der Waals surface area contributed by atoms with Crippen LogP contribution in [-0.2, 0) is 11.0 Å². The Kier molecular flexibility index (Phi) is 5.52. The zero-order valence-electron chi connectivity index (χ0n) is 16.6. The number of carbonyl (C=O) groups is 1. The topological polar surface area (TPSA) is 79.3 Å². The number of benzene rings is 2. The van der Waals surface area contributed by atoms with Crippen molar-refractivity contribution in [3.63, 3.8) is 0 Å². The lowest BCUT2D eigenvalue weighted by atomic mass is 10.1. The molecule has 0 atom stereocenters. The van der Waals surface area contributed by atoms with Crippen LogP contribution in [0.15, 0.2) is 59.4 Å². The average Bonchev–Trinajstić information content (AvgIpc) is 3.15. The van der Waals surface area contributed by atoms with Gasteiger partial charge in [-0.25, -0.2) is 0 Å². The Morgan fingerprint density at radius 3 is 2.31 bits per heavy atom. The SMILES string of the molecule is CCC(=O)Nc1ccc(-c2cc(=O)n3nc(C(F)(F)F)c(-c4ccc(Cl)cc4)c3[nH]2)cc1. The maximum absolute atomic E-state index is 13.7. The van der Waals surface area contributed by atoms with Crippen molar-refractivity contribution in [2.24, 2.45) is 0 Å². The molecular formula is C22H16ClF3N4O2. The second-order valence-electron chi connectivity index (χ2n) is 6.99. The molecule has 10 heteroatoms. The van der Waals surface area contributed by atoms with E-state index in [1.807, 2.05) is 0 Å². The number of alkyl halides is 3. The van der Waals surface area contributed by atoms with Crippen LogP contribution in [0.2, 0.25) is 5.02 Å². The molecule has 0 aliphatic carbocycles. The monoisotopic (exact) mass is 460 g/mol. The van der Waals surface area contributed by atoms with Crippen molar-refractivity contribution in [1.82, 2.24) is 14.6 Å². The average molecular weight is 461 g/mol. The number of rotatable bonds is 4. The quantitative estimate of drug-likeness (QED) is 0.429. The van der Waals surface area contributed by atoms with Crippen molar-refractivity contribution in [2.45, 2.75) is 19.5 Å². The minimum absolute atomic E-state index is 0.0921. The lowest BCUT2D eigenvalue weighted by molar-refractivity contribution is -0.140. The first-order valence-electron chi connectivity index (χ1n) is 9.57. The van der Waals surface area contributed by atoms with Crippen LogP contribution in [0.1, 0.15) is 19.0 Å². The highest BCUT2D eigenvalue weighted by Gasteiger charge is 2.39. The summed E-state index contributed by atoms with van der Waals surface area (Å²) in [7, 11) is 0. The highest BCUT2D eigenvalue weighted by atomic mass is 35.5. The van der Waals surface area contributed by atoms with E-state index in [4.69, 9.17) is 11.6 Å². The zero-order valence-corrected chi connectivity index (χ0v) is 17.4. The van der Waals surface area contributed by atoms with Crippen molar-refractivity contribution in [2.75, 3.05) is 5.32 Å². The molecule has 1 amide bonds. The minimum Gasteiger partial charge on any atom is -0.339 e. The summed E-state index contributed by atoms with van der Waals surface area (Å²) in [5, 5.41) is 6.61. The number of hydrogen-bond donors (Lipinski definition) is 2. The summed E-state index contributed by atoms with van der Waals surface area (Å²) in [4.78, 5) is 27.1. The molecule has 4 aromatic rings. The molecule has 32 heavy (non-hydrogen) atoms. The number of aromatic amines is 1. The van der Waals surface area contributed by atoms with Crippen molar-refractivity contribution in [3.05, 3.63) is 75.7 Å². The number of nitrogens with zero attached hydrogens (tertiary/aromatic N) is 2. The van der Waals surface area contributed by atoms with Gasteiger partial charge in [-0.1, -0.05) is 42.8 Å². The summed E-state index contributed by atoms with van der Waals surface area (Å²) in [6.07, 6.45) is -4.46. The van der Waals surface area contributed by atoms with Gasteiger partial charge < -0.3 is 10.3 Å². The standard InChI is InChI=1S/C22H16ClF3N4O2/c1-2-17(31)27-15-9-5-12(6-10-15)16-11-18(32)30-21(28-16)19(20(29-30)22(24,25)26)13-3-7-14(23)8-4-13/h3-11,28H,2H2,1H3,(H,27,31). The summed E-state index contributed by atoms with van der Waals surface area (Å²) >= 11 is 5.88. The maximum atomic E-state index is 13.7. The predicted octanol–water partition coefficient (Wildman–Crippen LogP) is 5.38. The second kappa shape index (κ2) is 8.16. The van der Waals surface area contributed by atoms with E-state index in [0.29, 0.717) is 32.9 Å². The molecule has 0 unspecified atom stereocenters. The first-order valence-corrected chi connectivity index (χ1v) is 9.94. The van der Waals surface area contributed by atoms with Crippen molar-refractivity contribution < 1.29 is 18.0 Å². The van der Waals surface area contributed by atoms with Crippen molar-refractivity contribution in [3.8, 4) is 22.4 Å². The predicted molar refractivity (Wildman–Crippen MR) is 116 cm³/mol. The number of anilines is 1. The van der Waals surface area contributed by atoms with Crippen LogP contribution >= 0.6 is 11.6 Å². The number of nitrogens with one attached hydrogen (secondary N) is 2. The van der Waals surface area contributed by atoms with Gasteiger partial charge in [0.1, 0.15) is 5.65 Å². The summed E-state index contributed by atoms with van der Waals surface area (Å²) in [6, 6.07) is 13.6. The molecule has 6 nitrogen and oxygen atoms in total. The molecular weight excluding hydrogens is 445 g/mol. The maximum Gasteiger partial charge on any atom is 0.435 e. The zero-order chi connectivity index (χ0) is 23.0. The van der Waals surface area contributed by atoms with E-state index < -0.39 is 17.4 Å². The van der Waals surface area contributed by atoms with E-state index in [0.717, 1.165) is 0 Å². The minimum atomic E-state index is -4.78. The highest BCUT2D eigenvalue weighted by molar-refractivity contribution is 6.30. The van der Waals surface area contributed by atoms with Gasteiger partial charge in [0.05, 0.1) is 11.3 Å². The smallest absolute Gasteiger partial charge is 0.339 e. The number of fused-ring (bicyclic) bond motifs is 1. The molecule has 0 saturated carbocycles. The number of amides is 1. The van der Waals surface area contributed by atoms with Crippen molar-refractivity contribution in [1.29, 1.82) is 0 Å². The van der Waals surface area contributed by atoms with Crippen LogP contribution in [0.4, 0.5) is 18.9 Å². The van der Waals surface area contributed by atoms with Gasteiger partial charge >= 0.3 is 6.18 Å². The van der Waals surface area contributed by atoms with Crippen LogP contribution in [-0.4, -0.2) is 20.5 Å². The van der Waals surface area contributed by atoms with E-state index in [2.05, 4.69) is 15.4 Å². The van der Waals surface area contributed by atoms with Crippen LogP contribution < -0.4 is 10.9 Å². The molecule has 0 saturated heterocycles.